The molecule has 1 aromatic carbocycles. The SMILES string of the molecule is CC(C)c1ccc2occ(C(=O)Nc3c(-c4cccnc4)nc4ccccn34)c2c1. The minimum Gasteiger partial charge on any atom is -0.463 e. The Morgan fingerprint density at radius 1 is 1.13 bits per heavy atom. The quantitative estimate of drug-likeness (QED) is 0.434. The van der Waals surface area contributed by atoms with E-state index in [1.807, 2.05) is 59.1 Å². The first-order valence-electron chi connectivity index (χ1n) is 9.82. The van der Waals surface area contributed by atoms with Gasteiger partial charge in [0.15, 0.2) is 0 Å². The first kappa shape index (κ1) is 18.1. The van der Waals surface area contributed by atoms with Gasteiger partial charge in [0.2, 0.25) is 0 Å². The maximum absolute atomic E-state index is 13.3. The van der Waals surface area contributed by atoms with Crippen molar-refractivity contribution in [1.82, 2.24) is 14.4 Å². The van der Waals surface area contributed by atoms with E-state index in [0.717, 1.165) is 22.2 Å². The van der Waals surface area contributed by atoms with Crippen molar-refractivity contribution in [2.24, 2.45) is 0 Å². The molecule has 0 fully saturated rings. The number of furan rings is 1. The average molecular weight is 396 g/mol. The second-order valence-electron chi connectivity index (χ2n) is 7.49. The molecule has 0 saturated carbocycles. The van der Waals surface area contributed by atoms with Gasteiger partial charge in [0.05, 0.1) is 5.56 Å². The molecular formula is C24H20N4O2. The third-order valence-corrected chi connectivity index (χ3v) is 5.21. The first-order valence-corrected chi connectivity index (χ1v) is 9.82. The number of anilines is 1. The fourth-order valence-corrected chi connectivity index (χ4v) is 3.58. The summed E-state index contributed by atoms with van der Waals surface area (Å²) in [6, 6.07) is 15.5. The molecule has 0 aliphatic carbocycles. The Kier molecular flexibility index (Phi) is 4.32. The standard InChI is InChI=1S/C24H20N4O2/c1-15(2)16-8-9-20-18(12-16)19(14-30-20)24(29)27-23-22(17-6-5-10-25-13-17)26-21-7-3-4-11-28(21)23/h3-15H,1-2H3,(H,27,29). The van der Waals surface area contributed by atoms with Gasteiger partial charge in [-0.3, -0.25) is 14.2 Å². The Morgan fingerprint density at radius 3 is 2.83 bits per heavy atom. The molecular weight excluding hydrogens is 376 g/mol. The highest BCUT2D eigenvalue weighted by molar-refractivity contribution is 6.13. The molecule has 5 rings (SSSR count). The van der Waals surface area contributed by atoms with E-state index in [2.05, 4.69) is 24.1 Å². The van der Waals surface area contributed by atoms with E-state index >= 15 is 0 Å². The van der Waals surface area contributed by atoms with Gasteiger partial charge in [-0.25, -0.2) is 4.98 Å². The van der Waals surface area contributed by atoms with Crippen LogP contribution in [0.25, 0.3) is 27.9 Å². The monoisotopic (exact) mass is 396 g/mol. The number of benzene rings is 1. The van der Waals surface area contributed by atoms with E-state index in [9.17, 15) is 4.79 Å². The molecule has 0 unspecified atom stereocenters. The van der Waals surface area contributed by atoms with Crippen LogP contribution in [0.15, 0.2) is 77.8 Å². The highest BCUT2D eigenvalue weighted by atomic mass is 16.3. The molecule has 30 heavy (non-hydrogen) atoms. The highest BCUT2D eigenvalue weighted by Gasteiger charge is 2.20. The second kappa shape index (κ2) is 7.15. The number of imidazole rings is 1. The minimum absolute atomic E-state index is 0.245. The van der Waals surface area contributed by atoms with Crippen molar-refractivity contribution in [3.05, 3.63) is 84.5 Å². The predicted octanol–water partition coefficient (Wildman–Crippen LogP) is 5.52. The van der Waals surface area contributed by atoms with Gasteiger partial charge < -0.3 is 9.73 Å². The Bertz CT molecular complexity index is 1370. The normalized spacial score (nSPS) is 11.4. The van der Waals surface area contributed by atoms with Gasteiger partial charge in [0, 0.05) is 29.5 Å². The molecule has 0 saturated heterocycles. The zero-order valence-electron chi connectivity index (χ0n) is 16.7. The summed E-state index contributed by atoms with van der Waals surface area (Å²) in [6.07, 6.45) is 6.83. The fraction of sp³-hybridized carbons (Fsp3) is 0.125. The minimum atomic E-state index is -0.245. The van der Waals surface area contributed by atoms with E-state index < -0.39 is 0 Å². The molecule has 6 nitrogen and oxygen atoms in total. The van der Waals surface area contributed by atoms with E-state index in [1.54, 1.807) is 12.4 Å². The molecule has 0 spiro atoms. The lowest BCUT2D eigenvalue weighted by atomic mass is 10.0. The zero-order valence-corrected chi connectivity index (χ0v) is 16.7. The molecule has 148 valence electrons. The van der Waals surface area contributed by atoms with Crippen molar-refractivity contribution < 1.29 is 9.21 Å². The van der Waals surface area contributed by atoms with Crippen molar-refractivity contribution in [3.63, 3.8) is 0 Å². The van der Waals surface area contributed by atoms with Gasteiger partial charge in [-0.1, -0.05) is 26.0 Å². The van der Waals surface area contributed by atoms with E-state index in [1.165, 1.54) is 6.26 Å². The molecule has 1 amide bonds. The third-order valence-electron chi connectivity index (χ3n) is 5.21. The lowest BCUT2D eigenvalue weighted by molar-refractivity contribution is 0.102. The van der Waals surface area contributed by atoms with Crippen LogP contribution in [0.2, 0.25) is 0 Å². The molecule has 0 aliphatic heterocycles. The number of nitrogens with one attached hydrogen (secondary N) is 1. The number of hydrogen-bond acceptors (Lipinski definition) is 4. The highest BCUT2D eigenvalue weighted by Crippen LogP contribution is 2.30. The number of pyridine rings is 2. The Hall–Kier alpha value is -3.93. The summed E-state index contributed by atoms with van der Waals surface area (Å²) in [5.41, 5.74) is 4.58. The smallest absolute Gasteiger partial charge is 0.260 e. The van der Waals surface area contributed by atoms with Gasteiger partial charge in [0.25, 0.3) is 5.91 Å². The summed E-state index contributed by atoms with van der Waals surface area (Å²) in [7, 11) is 0. The van der Waals surface area contributed by atoms with Crippen molar-refractivity contribution in [2.75, 3.05) is 5.32 Å². The predicted molar refractivity (Wildman–Crippen MR) is 117 cm³/mol. The number of fused-ring (bicyclic) bond motifs is 2. The van der Waals surface area contributed by atoms with Gasteiger partial charge in [0.1, 0.15) is 29.0 Å². The van der Waals surface area contributed by atoms with Crippen LogP contribution in [0.1, 0.15) is 35.7 Å². The fourth-order valence-electron chi connectivity index (χ4n) is 3.58. The molecule has 0 radical (unpaired) electrons. The van der Waals surface area contributed by atoms with E-state index in [0.29, 0.717) is 28.6 Å². The number of carbonyl (C=O) groups excluding carboxylic acids is 1. The number of aromatic nitrogens is 3. The van der Waals surface area contributed by atoms with Crippen LogP contribution in [0.5, 0.6) is 0 Å². The number of hydrogen-bond donors (Lipinski definition) is 1. The molecule has 0 bridgehead atoms. The summed E-state index contributed by atoms with van der Waals surface area (Å²) < 4.78 is 7.50. The van der Waals surface area contributed by atoms with Crippen LogP contribution >= 0.6 is 0 Å². The lowest BCUT2D eigenvalue weighted by Gasteiger charge is -2.08. The maximum Gasteiger partial charge on any atom is 0.260 e. The molecule has 1 N–H and O–H groups in total. The lowest BCUT2D eigenvalue weighted by Crippen LogP contribution is -2.13. The van der Waals surface area contributed by atoms with Crippen LogP contribution in [-0.4, -0.2) is 20.3 Å². The summed E-state index contributed by atoms with van der Waals surface area (Å²) in [5, 5.41) is 3.85. The second-order valence-corrected chi connectivity index (χ2v) is 7.49. The maximum atomic E-state index is 13.3. The number of amides is 1. The number of nitrogens with zero attached hydrogens (tertiary/aromatic N) is 3. The van der Waals surface area contributed by atoms with Gasteiger partial charge in [-0.2, -0.15) is 0 Å². The van der Waals surface area contributed by atoms with Gasteiger partial charge >= 0.3 is 0 Å². The third kappa shape index (κ3) is 3.03. The molecule has 0 atom stereocenters. The summed E-state index contributed by atoms with van der Waals surface area (Å²) >= 11 is 0. The summed E-state index contributed by atoms with van der Waals surface area (Å²) in [5.74, 6) is 0.708. The van der Waals surface area contributed by atoms with Crippen molar-refractivity contribution in [2.45, 2.75) is 19.8 Å². The Morgan fingerprint density at radius 2 is 2.03 bits per heavy atom. The Labute approximate surface area is 173 Å². The summed E-state index contributed by atoms with van der Waals surface area (Å²) in [6.45, 7) is 4.25. The van der Waals surface area contributed by atoms with Gasteiger partial charge in [-0.15, -0.1) is 0 Å². The van der Waals surface area contributed by atoms with Crippen LogP contribution in [0.4, 0.5) is 5.82 Å². The van der Waals surface area contributed by atoms with Gasteiger partial charge in [-0.05, 0) is 47.9 Å². The molecule has 6 heteroatoms. The zero-order chi connectivity index (χ0) is 20.7. The van der Waals surface area contributed by atoms with Crippen molar-refractivity contribution in [1.29, 1.82) is 0 Å². The molecule has 0 aliphatic rings. The molecule has 4 heterocycles. The van der Waals surface area contributed by atoms with Crippen molar-refractivity contribution >= 4 is 28.3 Å². The number of carbonyl (C=O) groups is 1. The Balaban J connectivity index is 1.60. The van der Waals surface area contributed by atoms with E-state index in [-0.39, 0.29) is 5.91 Å². The van der Waals surface area contributed by atoms with Crippen molar-refractivity contribution in [3.8, 4) is 11.3 Å². The molecule has 5 aromatic rings. The van der Waals surface area contributed by atoms with Crippen LogP contribution in [0.3, 0.4) is 0 Å². The number of rotatable bonds is 4. The van der Waals surface area contributed by atoms with Crippen LogP contribution < -0.4 is 5.32 Å². The summed E-state index contributed by atoms with van der Waals surface area (Å²) in [4.78, 5) is 22.2. The average Bonchev–Trinajstić information content (AvgIpc) is 3.36. The topological polar surface area (TPSA) is 72.4 Å². The van der Waals surface area contributed by atoms with Crippen LogP contribution in [-0.2, 0) is 0 Å². The largest absolute Gasteiger partial charge is 0.463 e. The van der Waals surface area contributed by atoms with E-state index in [4.69, 9.17) is 9.40 Å². The molecule has 4 aromatic heterocycles. The first-order chi connectivity index (χ1) is 14.6. The van der Waals surface area contributed by atoms with Crippen LogP contribution in [0, 0.1) is 0 Å².